The molecule has 5 heteroatoms. The summed E-state index contributed by atoms with van der Waals surface area (Å²) in [5, 5.41) is 0. The van der Waals surface area contributed by atoms with Crippen LogP contribution < -0.4 is 0 Å². The van der Waals surface area contributed by atoms with Crippen molar-refractivity contribution in [2.75, 3.05) is 0 Å². The number of imidazole rings is 1. The molecule has 2 aromatic rings. The van der Waals surface area contributed by atoms with E-state index in [1.54, 1.807) is 12.1 Å². The molecule has 0 amide bonds. The minimum Gasteiger partial charge on any atom is -0.340 e. The average molecular weight is 196 g/mol. The van der Waals surface area contributed by atoms with Crippen LogP contribution in [0.4, 0.5) is 0 Å². The van der Waals surface area contributed by atoms with Crippen molar-refractivity contribution in [1.29, 1.82) is 0 Å². The van der Waals surface area contributed by atoms with Crippen molar-refractivity contribution >= 4 is 29.1 Å². The summed E-state index contributed by atoms with van der Waals surface area (Å²) in [6, 6.07) is 3.39. The highest BCUT2D eigenvalue weighted by Crippen LogP contribution is 2.10. The molecule has 0 radical (unpaired) electrons. The molecule has 1 N–H and O–H groups in total. The SMILES string of the molecule is O=Cc1ccc2[nH]c(CCl)nc2n1. The standard InChI is InChI=1S/C8H6ClN3O/c9-3-7-11-6-2-1-5(4-13)10-8(6)12-7/h1-2,4H,3H2,(H,10,11,12). The smallest absolute Gasteiger partial charge is 0.178 e. The van der Waals surface area contributed by atoms with E-state index >= 15 is 0 Å². The van der Waals surface area contributed by atoms with Gasteiger partial charge in [0.2, 0.25) is 0 Å². The summed E-state index contributed by atoms with van der Waals surface area (Å²) in [7, 11) is 0. The van der Waals surface area contributed by atoms with Crippen LogP contribution >= 0.6 is 11.6 Å². The Morgan fingerprint density at radius 1 is 1.46 bits per heavy atom. The monoisotopic (exact) mass is 195 g/mol. The van der Waals surface area contributed by atoms with E-state index in [0.717, 1.165) is 5.52 Å². The number of carbonyl (C=O) groups is 1. The zero-order valence-corrected chi connectivity index (χ0v) is 7.38. The van der Waals surface area contributed by atoms with Crippen LogP contribution in [0, 0.1) is 0 Å². The van der Waals surface area contributed by atoms with E-state index in [4.69, 9.17) is 11.6 Å². The maximum absolute atomic E-state index is 10.4. The van der Waals surface area contributed by atoms with Gasteiger partial charge >= 0.3 is 0 Å². The molecule has 0 fully saturated rings. The highest BCUT2D eigenvalue weighted by molar-refractivity contribution is 6.16. The van der Waals surface area contributed by atoms with E-state index < -0.39 is 0 Å². The lowest BCUT2D eigenvalue weighted by molar-refractivity contribution is 0.111. The van der Waals surface area contributed by atoms with Gasteiger partial charge in [-0.3, -0.25) is 4.79 Å². The molecule has 2 aromatic heterocycles. The first-order chi connectivity index (χ1) is 6.33. The number of carbonyl (C=O) groups excluding carboxylic acids is 1. The molecule has 0 atom stereocenters. The summed E-state index contributed by atoms with van der Waals surface area (Å²) >= 11 is 5.58. The Labute approximate surface area is 79.0 Å². The van der Waals surface area contributed by atoms with Crippen LogP contribution in [0.2, 0.25) is 0 Å². The van der Waals surface area contributed by atoms with Crippen molar-refractivity contribution < 1.29 is 4.79 Å². The number of hydrogen-bond donors (Lipinski definition) is 1. The van der Waals surface area contributed by atoms with Gasteiger partial charge in [0.25, 0.3) is 0 Å². The summed E-state index contributed by atoms with van der Waals surface area (Å²) in [5.74, 6) is 0.972. The second kappa shape index (κ2) is 3.14. The molecule has 66 valence electrons. The Morgan fingerprint density at radius 2 is 2.31 bits per heavy atom. The second-order valence-corrected chi connectivity index (χ2v) is 2.81. The fraction of sp³-hybridized carbons (Fsp3) is 0.125. The summed E-state index contributed by atoms with van der Waals surface area (Å²) in [6.45, 7) is 0. The second-order valence-electron chi connectivity index (χ2n) is 2.54. The molecule has 2 heterocycles. The van der Waals surface area contributed by atoms with Crippen molar-refractivity contribution in [1.82, 2.24) is 15.0 Å². The molecule has 4 nitrogen and oxygen atoms in total. The highest BCUT2D eigenvalue weighted by Gasteiger charge is 2.03. The molecule has 0 aliphatic heterocycles. The van der Waals surface area contributed by atoms with Crippen molar-refractivity contribution in [3.63, 3.8) is 0 Å². The summed E-state index contributed by atoms with van der Waals surface area (Å²) < 4.78 is 0. The number of halogens is 1. The predicted octanol–water partition coefficient (Wildman–Crippen LogP) is 1.51. The Bertz CT molecular complexity index is 452. The molecular weight excluding hydrogens is 190 g/mol. The van der Waals surface area contributed by atoms with Crippen molar-refractivity contribution in [2.45, 2.75) is 5.88 Å². The first-order valence-electron chi connectivity index (χ1n) is 3.70. The van der Waals surface area contributed by atoms with Crippen molar-refractivity contribution in [3.8, 4) is 0 Å². The van der Waals surface area contributed by atoms with Crippen LogP contribution in [0.25, 0.3) is 11.2 Å². The zero-order valence-electron chi connectivity index (χ0n) is 6.62. The van der Waals surface area contributed by atoms with Crippen molar-refractivity contribution in [3.05, 3.63) is 23.7 Å². The zero-order chi connectivity index (χ0) is 9.26. The third-order valence-corrected chi connectivity index (χ3v) is 1.92. The van der Waals surface area contributed by atoms with Crippen LogP contribution in [-0.2, 0) is 5.88 Å². The number of rotatable bonds is 2. The number of aromatic nitrogens is 3. The molecular formula is C8H6ClN3O. The topological polar surface area (TPSA) is 58.6 Å². The van der Waals surface area contributed by atoms with E-state index in [-0.39, 0.29) is 0 Å². The van der Waals surface area contributed by atoms with Gasteiger partial charge in [-0.1, -0.05) is 0 Å². The number of nitrogens with one attached hydrogen (secondary N) is 1. The van der Waals surface area contributed by atoms with Gasteiger partial charge in [-0.25, -0.2) is 9.97 Å². The quantitative estimate of drug-likeness (QED) is 0.584. The van der Waals surface area contributed by atoms with Crippen LogP contribution in [-0.4, -0.2) is 21.2 Å². The molecule has 0 bridgehead atoms. The summed E-state index contributed by atoms with van der Waals surface area (Å²) in [4.78, 5) is 21.5. The Morgan fingerprint density at radius 3 is 3.00 bits per heavy atom. The van der Waals surface area contributed by atoms with Crippen LogP contribution in [0.1, 0.15) is 16.3 Å². The fourth-order valence-corrected chi connectivity index (χ4v) is 1.21. The normalized spacial score (nSPS) is 10.5. The first-order valence-corrected chi connectivity index (χ1v) is 4.23. The number of H-pyrrole nitrogens is 1. The van der Waals surface area contributed by atoms with E-state index in [1.807, 2.05) is 0 Å². The molecule has 0 saturated carbocycles. The van der Waals surface area contributed by atoms with Gasteiger partial charge in [0, 0.05) is 0 Å². The number of pyridine rings is 1. The number of alkyl halides is 1. The number of aromatic amines is 1. The lowest BCUT2D eigenvalue weighted by atomic mass is 10.3. The minimum absolute atomic E-state index is 0.312. The third-order valence-electron chi connectivity index (χ3n) is 1.66. The Kier molecular flexibility index (Phi) is 1.98. The molecule has 13 heavy (non-hydrogen) atoms. The van der Waals surface area contributed by atoms with Gasteiger partial charge in [-0.15, -0.1) is 11.6 Å². The highest BCUT2D eigenvalue weighted by atomic mass is 35.5. The number of aldehydes is 1. The average Bonchev–Trinajstić information content (AvgIpc) is 2.58. The van der Waals surface area contributed by atoms with Crippen molar-refractivity contribution in [2.24, 2.45) is 0 Å². The number of fused-ring (bicyclic) bond motifs is 1. The van der Waals surface area contributed by atoms with Crippen LogP contribution in [0.3, 0.4) is 0 Å². The summed E-state index contributed by atoms with van der Waals surface area (Å²) in [6.07, 6.45) is 0.689. The molecule has 0 aliphatic carbocycles. The maximum atomic E-state index is 10.4. The first kappa shape index (κ1) is 8.19. The predicted molar refractivity (Wildman–Crippen MR) is 48.8 cm³/mol. The minimum atomic E-state index is 0.312. The third kappa shape index (κ3) is 1.40. The molecule has 0 saturated heterocycles. The molecule has 0 spiro atoms. The Hall–Kier alpha value is -1.42. The van der Waals surface area contributed by atoms with E-state index in [9.17, 15) is 4.79 Å². The largest absolute Gasteiger partial charge is 0.340 e. The molecule has 0 aromatic carbocycles. The van der Waals surface area contributed by atoms with Crippen LogP contribution in [0.15, 0.2) is 12.1 Å². The van der Waals surface area contributed by atoms with Gasteiger partial charge in [0.05, 0.1) is 11.4 Å². The molecule has 0 aliphatic rings. The van der Waals surface area contributed by atoms with Gasteiger partial charge < -0.3 is 4.98 Å². The lowest BCUT2D eigenvalue weighted by Crippen LogP contribution is -1.85. The Balaban J connectivity index is 2.63. The van der Waals surface area contributed by atoms with Gasteiger partial charge in [0.15, 0.2) is 11.9 Å². The van der Waals surface area contributed by atoms with Gasteiger partial charge in [-0.2, -0.15) is 0 Å². The van der Waals surface area contributed by atoms with Gasteiger partial charge in [-0.05, 0) is 12.1 Å². The number of hydrogen-bond acceptors (Lipinski definition) is 3. The fourth-order valence-electron chi connectivity index (χ4n) is 1.09. The van der Waals surface area contributed by atoms with E-state index in [2.05, 4.69) is 15.0 Å². The molecule has 0 unspecified atom stereocenters. The van der Waals surface area contributed by atoms with Crippen LogP contribution in [0.5, 0.6) is 0 Å². The van der Waals surface area contributed by atoms with E-state index in [1.165, 1.54) is 0 Å². The van der Waals surface area contributed by atoms with E-state index in [0.29, 0.717) is 29.3 Å². The summed E-state index contributed by atoms with van der Waals surface area (Å²) in [5.41, 5.74) is 1.70. The number of nitrogens with zero attached hydrogens (tertiary/aromatic N) is 2. The lowest BCUT2D eigenvalue weighted by Gasteiger charge is -1.87. The van der Waals surface area contributed by atoms with Gasteiger partial charge in [0.1, 0.15) is 11.5 Å². The maximum Gasteiger partial charge on any atom is 0.178 e. The molecule has 2 rings (SSSR count).